The molecule has 1 amide bonds. The third kappa shape index (κ3) is 5.54. The van der Waals surface area contributed by atoms with E-state index in [-0.39, 0.29) is 12.5 Å². The highest BCUT2D eigenvalue weighted by molar-refractivity contribution is 7.07. The Morgan fingerprint density at radius 2 is 2.27 bits per heavy atom. The molecule has 0 saturated carbocycles. The molecule has 15 heavy (non-hydrogen) atoms. The molecular formula is C11H17NO2S. The van der Waals surface area contributed by atoms with E-state index < -0.39 is 0 Å². The van der Waals surface area contributed by atoms with E-state index in [0.717, 1.165) is 24.8 Å². The lowest BCUT2D eigenvalue weighted by Crippen LogP contribution is -2.25. The summed E-state index contributed by atoms with van der Waals surface area (Å²) in [6, 6.07) is 1.97. The van der Waals surface area contributed by atoms with Crippen molar-refractivity contribution in [2.45, 2.75) is 25.7 Å². The molecule has 1 aromatic heterocycles. The summed E-state index contributed by atoms with van der Waals surface area (Å²) in [7, 11) is 0. The summed E-state index contributed by atoms with van der Waals surface area (Å²) in [5, 5.41) is 15.4. The number of carbonyl (C=O) groups is 1. The van der Waals surface area contributed by atoms with E-state index in [0.29, 0.717) is 13.0 Å². The molecular weight excluding hydrogens is 210 g/mol. The zero-order valence-corrected chi connectivity index (χ0v) is 9.55. The van der Waals surface area contributed by atoms with Crippen molar-refractivity contribution in [2.75, 3.05) is 13.2 Å². The first-order valence-electron chi connectivity index (χ1n) is 5.21. The van der Waals surface area contributed by atoms with Crippen LogP contribution in [0.15, 0.2) is 16.8 Å². The molecule has 0 bridgehead atoms. The van der Waals surface area contributed by atoms with Crippen LogP contribution in [0.2, 0.25) is 0 Å². The van der Waals surface area contributed by atoms with Crippen LogP contribution in [-0.4, -0.2) is 24.2 Å². The predicted molar refractivity (Wildman–Crippen MR) is 62.0 cm³/mol. The number of aliphatic hydroxyl groups excluding tert-OH is 1. The summed E-state index contributed by atoms with van der Waals surface area (Å²) in [5.74, 6) is 0.0809. The van der Waals surface area contributed by atoms with Crippen LogP contribution in [0.1, 0.15) is 24.8 Å². The number of rotatable bonds is 7. The second-order valence-corrected chi connectivity index (χ2v) is 4.22. The quantitative estimate of drug-likeness (QED) is 0.695. The fourth-order valence-electron chi connectivity index (χ4n) is 1.28. The lowest BCUT2D eigenvalue weighted by Gasteiger charge is -2.03. The number of nitrogens with one attached hydrogen (secondary N) is 1. The summed E-state index contributed by atoms with van der Waals surface area (Å²) in [4.78, 5) is 11.4. The van der Waals surface area contributed by atoms with Crippen molar-refractivity contribution >= 4 is 17.2 Å². The average molecular weight is 227 g/mol. The molecule has 1 heterocycles. The Bertz CT molecular complexity index is 272. The summed E-state index contributed by atoms with van der Waals surface area (Å²) >= 11 is 1.61. The lowest BCUT2D eigenvalue weighted by atomic mass is 10.2. The second-order valence-electron chi connectivity index (χ2n) is 3.44. The molecule has 0 radical (unpaired) electrons. The monoisotopic (exact) mass is 227 g/mol. The second kappa shape index (κ2) is 7.43. The first-order valence-corrected chi connectivity index (χ1v) is 6.16. The highest BCUT2D eigenvalue weighted by Gasteiger charge is 2.02. The highest BCUT2D eigenvalue weighted by Crippen LogP contribution is 2.06. The number of carbonyl (C=O) groups excluding carboxylic acids is 1. The average Bonchev–Trinajstić information content (AvgIpc) is 2.70. The van der Waals surface area contributed by atoms with Crippen LogP contribution in [0, 0.1) is 0 Å². The topological polar surface area (TPSA) is 49.3 Å². The van der Waals surface area contributed by atoms with E-state index >= 15 is 0 Å². The maximum absolute atomic E-state index is 11.4. The van der Waals surface area contributed by atoms with Crippen LogP contribution in [-0.2, 0) is 11.2 Å². The number of amides is 1. The fraction of sp³-hybridized carbons (Fsp3) is 0.545. The van der Waals surface area contributed by atoms with Gasteiger partial charge >= 0.3 is 0 Å². The van der Waals surface area contributed by atoms with Gasteiger partial charge in [-0.15, -0.1) is 0 Å². The van der Waals surface area contributed by atoms with Gasteiger partial charge in [-0.25, -0.2) is 0 Å². The minimum absolute atomic E-state index is 0.0809. The molecule has 0 aromatic carbocycles. The predicted octanol–water partition coefficient (Wildman–Crippen LogP) is 1.57. The Morgan fingerprint density at radius 3 is 2.93 bits per heavy atom. The van der Waals surface area contributed by atoms with Crippen molar-refractivity contribution in [1.82, 2.24) is 5.32 Å². The van der Waals surface area contributed by atoms with Crippen LogP contribution in [0.25, 0.3) is 0 Å². The van der Waals surface area contributed by atoms with Crippen LogP contribution in [0.4, 0.5) is 0 Å². The molecule has 1 aromatic rings. The zero-order chi connectivity index (χ0) is 10.9. The van der Waals surface area contributed by atoms with Gasteiger partial charge in [0.25, 0.3) is 0 Å². The van der Waals surface area contributed by atoms with Crippen molar-refractivity contribution in [1.29, 1.82) is 0 Å². The zero-order valence-electron chi connectivity index (χ0n) is 8.74. The summed E-state index contributed by atoms with van der Waals surface area (Å²) in [6.45, 7) is 0.950. The number of aliphatic hydroxyl groups is 1. The van der Waals surface area contributed by atoms with Crippen molar-refractivity contribution in [3.8, 4) is 0 Å². The molecule has 4 heteroatoms. The maximum atomic E-state index is 11.4. The minimum Gasteiger partial charge on any atom is -0.396 e. The van der Waals surface area contributed by atoms with Crippen molar-refractivity contribution in [2.24, 2.45) is 0 Å². The summed E-state index contributed by atoms with van der Waals surface area (Å²) in [6.07, 6.45) is 3.20. The van der Waals surface area contributed by atoms with Crippen LogP contribution < -0.4 is 5.32 Å². The Labute approximate surface area is 94.1 Å². The maximum Gasteiger partial charge on any atom is 0.224 e. The van der Waals surface area contributed by atoms with Crippen molar-refractivity contribution in [3.63, 3.8) is 0 Å². The van der Waals surface area contributed by atoms with Gasteiger partial charge in [0.2, 0.25) is 5.91 Å². The normalized spacial score (nSPS) is 10.2. The van der Waals surface area contributed by atoms with Crippen LogP contribution >= 0.6 is 11.3 Å². The molecule has 1 rings (SSSR count). The first-order chi connectivity index (χ1) is 7.33. The molecule has 0 atom stereocenters. The van der Waals surface area contributed by atoms with Crippen LogP contribution in [0.3, 0.4) is 0 Å². The van der Waals surface area contributed by atoms with Gasteiger partial charge < -0.3 is 10.4 Å². The van der Waals surface area contributed by atoms with Crippen molar-refractivity contribution in [3.05, 3.63) is 22.4 Å². The Morgan fingerprint density at radius 1 is 1.40 bits per heavy atom. The van der Waals surface area contributed by atoms with E-state index in [1.807, 2.05) is 16.8 Å². The molecule has 84 valence electrons. The standard InChI is InChI=1S/C11H17NO2S/c13-6-3-1-2-5-12-11(14)8-10-4-7-15-9-10/h4,7,9,13H,1-3,5-6,8H2,(H,12,14). The fourth-order valence-corrected chi connectivity index (χ4v) is 1.95. The van der Waals surface area contributed by atoms with E-state index in [9.17, 15) is 4.79 Å². The summed E-state index contributed by atoms with van der Waals surface area (Å²) < 4.78 is 0. The van der Waals surface area contributed by atoms with Gasteiger partial charge in [0.1, 0.15) is 0 Å². The van der Waals surface area contributed by atoms with E-state index in [2.05, 4.69) is 5.32 Å². The molecule has 0 spiro atoms. The van der Waals surface area contributed by atoms with Gasteiger partial charge in [-0.1, -0.05) is 0 Å². The Hall–Kier alpha value is -0.870. The minimum atomic E-state index is 0.0809. The third-order valence-corrected chi connectivity index (χ3v) is 2.83. The number of thiophene rings is 1. The lowest BCUT2D eigenvalue weighted by molar-refractivity contribution is -0.120. The number of hydrogen-bond donors (Lipinski definition) is 2. The molecule has 0 aliphatic carbocycles. The highest BCUT2D eigenvalue weighted by atomic mass is 32.1. The molecule has 2 N–H and O–H groups in total. The molecule has 0 fully saturated rings. The number of unbranched alkanes of at least 4 members (excludes halogenated alkanes) is 2. The van der Waals surface area contributed by atoms with Crippen molar-refractivity contribution < 1.29 is 9.90 Å². The van der Waals surface area contributed by atoms with Gasteiger partial charge in [0.05, 0.1) is 6.42 Å². The Balaban J connectivity index is 2.04. The molecule has 0 saturated heterocycles. The third-order valence-electron chi connectivity index (χ3n) is 2.10. The van der Waals surface area contributed by atoms with Gasteiger partial charge in [-0.2, -0.15) is 11.3 Å². The summed E-state index contributed by atoms with van der Waals surface area (Å²) in [5.41, 5.74) is 1.08. The van der Waals surface area contributed by atoms with E-state index in [4.69, 9.17) is 5.11 Å². The SMILES string of the molecule is O=C(Cc1ccsc1)NCCCCCO. The van der Waals surface area contributed by atoms with Crippen LogP contribution in [0.5, 0.6) is 0 Å². The smallest absolute Gasteiger partial charge is 0.224 e. The first kappa shape index (κ1) is 12.2. The molecule has 0 aliphatic heterocycles. The van der Waals surface area contributed by atoms with E-state index in [1.165, 1.54) is 0 Å². The molecule has 0 unspecified atom stereocenters. The van der Waals surface area contributed by atoms with Gasteiger partial charge in [-0.3, -0.25) is 4.79 Å². The van der Waals surface area contributed by atoms with Gasteiger partial charge in [0.15, 0.2) is 0 Å². The molecule has 0 aliphatic rings. The van der Waals surface area contributed by atoms with E-state index in [1.54, 1.807) is 11.3 Å². The van der Waals surface area contributed by atoms with Gasteiger partial charge in [0, 0.05) is 13.2 Å². The number of hydrogen-bond acceptors (Lipinski definition) is 3. The largest absolute Gasteiger partial charge is 0.396 e. The Kier molecular flexibility index (Phi) is 6.04. The van der Waals surface area contributed by atoms with Gasteiger partial charge in [-0.05, 0) is 41.7 Å². The molecule has 3 nitrogen and oxygen atoms in total.